The van der Waals surface area contributed by atoms with E-state index in [0.717, 1.165) is 12.8 Å². The van der Waals surface area contributed by atoms with Crippen LogP contribution in [0.1, 0.15) is 25.7 Å². The van der Waals surface area contributed by atoms with Gasteiger partial charge >= 0.3 is 0 Å². The lowest BCUT2D eigenvalue weighted by Crippen LogP contribution is -2.33. The zero-order valence-corrected chi connectivity index (χ0v) is 9.71. The van der Waals surface area contributed by atoms with E-state index in [9.17, 15) is 4.79 Å². The molecule has 0 saturated carbocycles. The lowest BCUT2D eigenvalue weighted by Gasteiger charge is -2.15. The second-order valence-electron chi connectivity index (χ2n) is 3.14. The molecular weight excluding hydrogens is 277 g/mol. The van der Waals surface area contributed by atoms with Crippen LogP contribution < -0.4 is 5.32 Å². The van der Waals surface area contributed by atoms with Crippen LogP contribution in [0.5, 0.6) is 0 Å². The number of hydrogen-bond donors (Lipinski definition) is 1. The Kier molecular flexibility index (Phi) is 4.48. The van der Waals surface area contributed by atoms with Crippen molar-refractivity contribution in [3.8, 4) is 0 Å². The minimum Gasteiger partial charge on any atom is -0.345 e. The van der Waals surface area contributed by atoms with Crippen LogP contribution in [0.25, 0.3) is 0 Å². The van der Waals surface area contributed by atoms with Crippen LogP contribution in [0.2, 0.25) is 0 Å². The number of carbonyl (C=O) groups is 1. The highest BCUT2D eigenvalue weighted by molar-refractivity contribution is 14.1. The molecule has 1 aliphatic carbocycles. The quantitative estimate of drug-likeness (QED) is 0.615. The average Bonchev–Trinajstić information content (AvgIpc) is 2.32. The Labute approximate surface area is 92.6 Å². The molecule has 0 aromatic heterocycles. The Morgan fingerprint density at radius 3 is 3.15 bits per heavy atom. The second kappa shape index (κ2) is 5.42. The van der Waals surface area contributed by atoms with Gasteiger partial charge in [-0.1, -0.05) is 19.1 Å². The predicted octanol–water partition coefficient (Wildman–Crippen LogP) is 2.55. The number of allylic oxidation sites excluding steroid dienone is 1. The van der Waals surface area contributed by atoms with Gasteiger partial charge in [0.25, 0.3) is 0 Å². The molecule has 1 rings (SSSR count). The zero-order valence-electron chi connectivity index (χ0n) is 7.55. The summed E-state index contributed by atoms with van der Waals surface area (Å²) in [6, 6.07) is 0.216. The van der Waals surface area contributed by atoms with Gasteiger partial charge in [-0.05, 0) is 47.9 Å². The first-order chi connectivity index (χ1) is 6.24. The molecule has 0 fully saturated rings. The summed E-state index contributed by atoms with van der Waals surface area (Å²) in [6.45, 7) is 3.44. The van der Waals surface area contributed by atoms with Gasteiger partial charge in [0.15, 0.2) is 0 Å². The van der Waals surface area contributed by atoms with E-state index in [2.05, 4.69) is 40.6 Å². The van der Waals surface area contributed by atoms with E-state index < -0.39 is 0 Å². The van der Waals surface area contributed by atoms with E-state index in [1.54, 1.807) is 0 Å². The van der Waals surface area contributed by atoms with Crippen molar-refractivity contribution < 1.29 is 4.79 Å². The Balaban J connectivity index is 2.55. The first-order valence-corrected chi connectivity index (χ1v) is 5.60. The molecule has 3 heteroatoms. The fourth-order valence-electron chi connectivity index (χ4n) is 1.38. The molecule has 1 atom stereocenters. The van der Waals surface area contributed by atoms with Crippen LogP contribution in [-0.4, -0.2) is 11.9 Å². The molecule has 1 N–H and O–H groups in total. The molecule has 0 spiro atoms. The van der Waals surface area contributed by atoms with E-state index in [4.69, 9.17) is 0 Å². The number of carbonyl (C=O) groups excluding carboxylic acids is 1. The standard InChI is InChI=1S/C10H14INO/c1-2-10(13)12-9-7-5-3-4-6-8(9)11/h2,6,9H,1,3-5,7H2,(H,12,13). The number of halogens is 1. The molecule has 0 aromatic carbocycles. The third kappa shape index (κ3) is 3.50. The van der Waals surface area contributed by atoms with Crippen molar-refractivity contribution in [3.63, 3.8) is 0 Å². The summed E-state index contributed by atoms with van der Waals surface area (Å²) in [5.41, 5.74) is 0. The Bertz CT molecular complexity index is 235. The molecule has 0 aromatic rings. The zero-order chi connectivity index (χ0) is 9.68. The molecule has 1 unspecified atom stereocenters. The van der Waals surface area contributed by atoms with Crippen molar-refractivity contribution in [2.24, 2.45) is 0 Å². The normalized spacial score (nSPS) is 22.8. The molecule has 72 valence electrons. The van der Waals surface area contributed by atoms with Gasteiger partial charge < -0.3 is 5.32 Å². The maximum absolute atomic E-state index is 11.1. The largest absolute Gasteiger partial charge is 0.345 e. The number of rotatable bonds is 2. The highest BCUT2D eigenvalue weighted by Crippen LogP contribution is 2.22. The van der Waals surface area contributed by atoms with Crippen LogP contribution >= 0.6 is 22.6 Å². The molecule has 0 radical (unpaired) electrons. The summed E-state index contributed by atoms with van der Waals surface area (Å²) in [4.78, 5) is 11.1. The smallest absolute Gasteiger partial charge is 0.243 e. The summed E-state index contributed by atoms with van der Waals surface area (Å²) >= 11 is 2.31. The van der Waals surface area contributed by atoms with Gasteiger partial charge in [-0.15, -0.1) is 0 Å². The predicted molar refractivity (Wildman–Crippen MR) is 62.7 cm³/mol. The van der Waals surface area contributed by atoms with Crippen LogP contribution in [0, 0.1) is 0 Å². The minimum atomic E-state index is -0.0746. The Hall–Kier alpha value is -0.320. The highest BCUT2D eigenvalue weighted by atomic mass is 127. The van der Waals surface area contributed by atoms with E-state index in [-0.39, 0.29) is 11.9 Å². The monoisotopic (exact) mass is 291 g/mol. The molecule has 0 bridgehead atoms. The van der Waals surface area contributed by atoms with Crippen molar-refractivity contribution in [1.29, 1.82) is 0 Å². The minimum absolute atomic E-state index is 0.0746. The molecule has 1 aliphatic rings. The van der Waals surface area contributed by atoms with Gasteiger partial charge in [0.05, 0.1) is 6.04 Å². The van der Waals surface area contributed by atoms with Crippen LogP contribution in [0.15, 0.2) is 22.3 Å². The Morgan fingerprint density at radius 1 is 1.69 bits per heavy atom. The second-order valence-corrected chi connectivity index (χ2v) is 4.38. The van der Waals surface area contributed by atoms with Crippen molar-refractivity contribution >= 4 is 28.5 Å². The average molecular weight is 291 g/mol. The molecule has 0 saturated heterocycles. The number of nitrogens with one attached hydrogen (secondary N) is 1. The van der Waals surface area contributed by atoms with Crippen molar-refractivity contribution in [2.75, 3.05) is 0 Å². The molecule has 0 heterocycles. The first kappa shape index (κ1) is 10.8. The Morgan fingerprint density at radius 2 is 2.46 bits per heavy atom. The van der Waals surface area contributed by atoms with Crippen LogP contribution in [0.4, 0.5) is 0 Å². The first-order valence-electron chi connectivity index (χ1n) is 4.52. The number of hydrogen-bond acceptors (Lipinski definition) is 1. The van der Waals surface area contributed by atoms with Crippen LogP contribution in [-0.2, 0) is 4.79 Å². The highest BCUT2D eigenvalue weighted by Gasteiger charge is 2.15. The van der Waals surface area contributed by atoms with Gasteiger partial charge in [-0.2, -0.15) is 0 Å². The van der Waals surface area contributed by atoms with Crippen molar-refractivity contribution in [3.05, 3.63) is 22.3 Å². The van der Waals surface area contributed by atoms with Gasteiger partial charge in [-0.25, -0.2) is 0 Å². The summed E-state index contributed by atoms with van der Waals surface area (Å²) < 4.78 is 1.25. The molecular formula is C10H14INO. The third-order valence-corrected chi connectivity index (χ3v) is 3.31. The topological polar surface area (TPSA) is 29.1 Å². The molecule has 2 nitrogen and oxygen atoms in total. The van der Waals surface area contributed by atoms with E-state index in [0.29, 0.717) is 0 Å². The fourth-order valence-corrected chi connectivity index (χ4v) is 2.16. The van der Waals surface area contributed by atoms with Crippen molar-refractivity contribution in [2.45, 2.75) is 31.7 Å². The fraction of sp³-hybridized carbons (Fsp3) is 0.500. The molecule has 13 heavy (non-hydrogen) atoms. The van der Waals surface area contributed by atoms with Gasteiger partial charge in [0.2, 0.25) is 5.91 Å². The van der Waals surface area contributed by atoms with Crippen LogP contribution in [0.3, 0.4) is 0 Å². The van der Waals surface area contributed by atoms with Gasteiger partial charge in [-0.3, -0.25) is 4.79 Å². The SMILES string of the molecule is C=CC(=O)NC1CCCCC=C1I. The summed E-state index contributed by atoms with van der Waals surface area (Å²) in [5.74, 6) is -0.0746. The maximum Gasteiger partial charge on any atom is 0.243 e. The van der Waals surface area contributed by atoms with E-state index >= 15 is 0 Å². The van der Waals surface area contributed by atoms with Crippen molar-refractivity contribution in [1.82, 2.24) is 5.32 Å². The summed E-state index contributed by atoms with van der Waals surface area (Å²) in [6.07, 6.45) is 8.14. The molecule has 0 aliphatic heterocycles. The lowest BCUT2D eigenvalue weighted by molar-refractivity contribution is -0.116. The van der Waals surface area contributed by atoms with E-state index in [1.165, 1.54) is 22.5 Å². The summed E-state index contributed by atoms with van der Waals surface area (Å²) in [7, 11) is 0. The number of amides is 1. The third-order valence-electron chi connectivity index (χ3n) is 2.12. The summed E-state index contributed by atoms with van der Waals surface area (Å²) in [5, 5.41) is 2.93. The molecule has 1 amide bonds. The van der Waals surface area contributed by atoms with E-state index in [1.807, 2.05) is 0 Å². The van der Waals surface area contributed by atoms with Gasteiger partial charge in [0.1, 0.15) is 0 Å². The maximum atomic E-state index is 11.1. The lowest BCUT2D eigenvalue weighted by atomic mass is 10.1. The van der Waals surface area contributed by atoms with Gasteiger partial charge in [0, 0.05) is 3.58 Å².